The van der Waals surface area contributed by atoms with Gasteiger partial charge in [0.1, 0.15) is 12.6 Å². The largest absolute Gasteiger partial charge is 0.437 e. The number of ether oxygens (including phenoxy) is 1. The molecule has 4 nitrogen and oxygen atoms in total. The Labute approximate surface area is 71.6 Å². The van der Waals surface area contributed by atoms with E-state index in [4.69, 9.17) is 4.74 Å². The zero-order chi connectivity index (χ0) is 8.77. The highest BCUT2D eigenvalue weighted by Gasteiger charge is 2.38. The highest BCUT2D eigenvalue weighted by atomic mass is 16.5. The molecule has 1 atom stereocenters. The summed E-state index contributed by atoms with van der Waals surface area (Å²) >= 11 is 0. The van der Waals surface area contributed by atoms with Gasteiger partial charge in [-0.15, -0.1) is 0 Å². The minimum Gasteiger partial charge on any atom is -0.437 e. The van der Waals surface area contributed by atoms with Crippen molar-refractivity contribution in [1.29, 1.82) is 0 Å². The van der Waals surface area contributed by atoms with Gasteiger partial charge < -0.3 is 4.74 Å². The third kappa shape index (κ3) is 0.983. The van der Waals surface area contributed by atoms with Gasteiger partial charge in [0.05, 0.1) is 0 Å². The van der Waals surface area contributed by atoms with Gasteiger partial charge in [-0.05, 0) is 5.41 Å². The summed E-state index contributed by atoms with van der Waals surface area (Å²) in [5, 5.41) is 6.73. The molecule has 0 unspecified atom stereocenters. The number of aromatic nitrogens is 3. The molecule has 0 radical (unpaired) electrons. The van der Waals surface area contributed by atoms with E-state index in [2.05, 4.69) is 35.5 Å². The Hall–Kier alpha value is -1.06. The van der Waals surface area contributed by atoms with Crippen LogP contribution in [0.15, 0.2) is 6.33 Å². The van der Waals surface area contributed by atoms with E-state index < -0.39 is 0 Å². The lowest BCUT2D eigenvalue weighted by molar-refractivity contribution is -0.717. The van der Waals surface area contributed by atoms with E-state index in [1.165, 1.54) is 0 Å². The molecule has 0 saturated heterocycles. The number of nitrogens with zero attached hydrogens (tertiary/aromatic N) is 2. The van der Waals surface area contributed by atoms with Gasteiger partial charge >= 0.3 is 6.01 Å². The molecule has 0 spiro atoms. The fourth-order valence-electron chi connectivity index (χ4n) is 1.49. The Kier molecular flexibility index (Phi) is 1.40. The Balaban J connectivity index is 2.34. The smallest absolute Gasteiger partial charge is 0.429 e. The first-order valence-corrected chi connectivity index (χ1v) is 4.16. The molecule has 0 aliphatic carbocycles. The van der Waals surface area contributed by atoms with Crippen LogP contribution in [0.2, 0.25) is 0 Å². The van der Waals surface area contributed by atoms with Crippen molar-refractivity contribution in [2.75, 3.05) is 6.61 Å². The second kappa shape index (κ2) is 2.21. The summed E-state index contributed by atoms with van der Waals surface area (Å²) in [5.41, 5.74) is 0.222. The van der Waals surface area contributed by atoms with Gasteiger partial charge in [0, 0.05) is 5.10 Å². The van der Waals surface area contributed by atoms with E-state index >= 15 is 0 Å². The summed E-state index contributed by atoms with van der Waals surface area (Å²) in [7, 11) is 0. The van der Waals surface area contributed by atoms with E-state index in [-0.39, 0.29) is 5.41 Å². The second-order valence-corrected chi connectivity index (χ2v) is 4.26. The van der Waals surface area contributed by atoms with Crippen molar-refractivity contribution < 1.29 is 9.30 Å². The molecule has 1 aromatic rings. The van der Waals surface area contributed by atoms with Gasteiger partial charge in [0.15, 0.2) is 0 Å². The van der Waals surface area contributed by atoms with E-state index in [0.29, 0.717) is 6.04 Å². The molecule has 0 saturated carbocycles. The van der Waals surface area contributed by atoms with E-state index in [0.717, 1.165) is 12.6 Å². The zero-order valence-electron chi connectivity index (χ0n) is 7.66. The van der Waals surface area contributed by atoms with Crippen molar-refractivity contribution in [3.8, 4) is 6.01 Å². The maximum Gasteiger partial charge on any atom is 0.429 e. The van der Waals surface area contributed by atoms with Gasteiger partial charge in [0.2, 0.25) is 0 Å². The lowest BCUT2D eigenvalue weighted by atomic mass is 9.87. The van der Waals surface area contributed by atoms with Crippen LogP contribution in [0.3, 0.4) is 0 Å². The predicted octanol–water partition coefficient (Wildman–Crippen LogP) is 0.677. The lowest BCUT2D eigenvalue weighted by Gasteiger charge is -2.22. The Morgan fingerprint density at radius 3 is 3.08 bits per heavy atom. The van der Waals surface area contributed by atoms with Crippen LogP contribution in [0.4, 0.5) is 0 Å². The van der Waals surface area contributed by atoms with Crippen molar-refractivity contribution in [3.05, 3.63) is 6.33 Å². The first kappa shape index (κ1) is 7.58. The molecule has 0 fully saturated rings. The predicted molar refractivity (Wildman–Crippen MR) is 42.8 cm³/mol. The maximum atomic E-state index is 5.42. The van der Waals surface area contributed by atoms with E-state index in [1.807, 2.05) is 0 Å². The van der Waals surface area contributed by atoms with Crippen molar-refractivity contribution in [2.24, 2.45) is 5.41 Å². The number of hydrogen-bond donors (Lipinski definition) is 1. The van der Waals surface area contributed by atoms with Crippen LogP contribution in [-0.2, 0) is 0 Å². The molecule has 1 aromatic heterocycles. The molecule has 1 aliphatic heterocycles. The fourth-order valence-corrected chi connectivity index (χ4v) is 1.49. The van der Waals surface area contributed by atoms with Crippen molar-refractivity contribution in [3.63, 3.8) is 0 Å². The second-order valence-electron chi connectivity index (χ2n) is 4.26. The van der Waals surface area contributed by atoms with Crippen molar-refractivity contribution >= 4 is 0 Å². The molecule has 2 heterocycles. The molecule has 0 aromatic carbocycles. The Morgan fingerprint density at radius 1 is 1.67 bits per heavy atom. The third-order valence-electron chi connectivity index (χ3n) is 2.29. The highest BCUT2D eigenvalue weighted by Crippen LogP contribution is 2.30. The number of fused-ring (bicyclic) bond motifs is 1. The molecular weight excluding hydrogens is 154 g/mol. The van der Waals surface area contributed by atoms with Gasteiger partial charge in [0.25, 0.3) is 6.33 Å². The van der Waals surface area contributed by atoms with Gasteiger partial charge in [-0.3, -0.25) is 0 Å². The lowest BCUT2D eigenvalue weighted by Crippen LogP contribution is -2.42. The average Bonchev–Trinajstić information content (AvgIpc) is 2.37. The van der Waals surface area contributed by atoms with Crippen molar-refractivity contribution in [1.82, 2.24) is 10.2 Å². The molecule has 0 bridgehead atoms. The van der Waals surface area contributed by atoms with Crippen molar-refractivity contribution in [2.45, 2.75) is 26.8 Å². The number of nitrogens with one attached hydrogen (secondary N) is 1. The summed E-state index contributed by atoms with van der Waals surface area (Å²) < 4.78 is 7.48. The topological polar surface area (TPSA) is 41.8 Å². The first-order chi connectivity index (χ1) is 5.59. The van der Waals surface area contributed by atoms with Crippen LogP contribution >= 0.6 is 0 Å². The molecule has 0 amide bonds. The standard InChI is InChI=1S/C8H13N3O/c1-8(2,3)6-4-12-7-10-9-5-11(6)7/h5-6H,4H2,1-3H3/p+1/t6-/m1/s1. The Morgan fingerprint density at radius 2 is 2.42 bits per heavy atom. The number of rotatable bonds is 0. The van der Waals surface area contributed by atoms with Crippen LogP contribution in [0, 0.1) is 5.41 Å². The molecule has 12 heavy (non-hydrogen) atoms. The van der Waals surface area contributed by atoms with Gasteiger partial charge in [-0.25, -0.2) is 0 Å². The number of hydrogen-bond acceptors (Lipinski definition) is 2. The fraction of sp³-hybridized carbons (Fsp3) is 0.750. The molecule has 66 valence electrons. The third-order valence-corrected chi connectivity index (χ3v) is 2.29. The minimum absolute atomic E-state index is 0.222. The van der Waals surface area contributed by atoms with E-state index in [1.54, 1.807) is 6.33 Å². The average molecular weight is 168 g/mol. The van der Waals surface area contributed by atoms with Crippen LogP contribution in [0.5, 0.6) is 6.01 Å². The molecule has 2 rings (SSSR count). The molecule has 1 N–H and O–H groups in total. The van der Waals surface area contributed by atoms with Crippen LogP contribution < -0.4 is 9.30 Å². The Bertz CT molecular complexity index is 287. The van der Waals surface area contributed by atoms with Crippen LogP contribution in [-0.4, -0.2) is 16.8 Å². The minimum atomic E-state index is 0.222. The quantitative estimate of drug-likeness (QED) is 0.579. The van der Waals surface area contributed by atoms with Crippen LogP contribution in [0.1, 0.15) is 26.8 Å². The summed E-state index contributed by atoms with van der Waals surface area (Å²) in [5.74, 6) is 0. The maximum absolute atomic E-state index is 5.42. The zero-order valence-corrected chi connectivity index (χ0v) is 7.66. The summed E-state index contributed by atoms with van der Waals surface area (Å²) in [4.78, 5) is 0. The van der Waals surface area contributed by atoms with E-state index in [9.17, 15) is 0 Å². The molecule has 1 aliphatic rings. The molecule has 4 heteroatoms. The summed E-state index contributed by atoms with van der Waals surface area (Å²) in [6.45, 7) is 7.36. The normalized spacial score (nSPS) is 22.1. The monoisotopic (exact) mass is 168 g/mol. The summed E-state index contributed by atoms with van der Waals surface area (Å²) in [6, 6.07) is 1.17. The van der Waals surface area contributed by atoms with Gasteiger partial charge in [-0.2, -0.15) is 4.57 Å². The summed E-state index contributed by atoms with van der Waals surface area (Å²) in [6.07, 6.45) is 1.79. The highest BCUT2D eigenvalue weighted by molar-refractivity contribution is 4.85. The van der Waals surface area contributed by atoms with Gasteiger partial charge in [-0.1, -0.05) is 25.9 Å². The number of H-pyrrole nitrogens is 1. The number of aromatic amines is 1. The first-order valence-electron chi connectivity index (χ1n) is 4.16. The van der Waals surface area contributed by atoms with Crippen LogP contribution in [0.25, 0.3) is 0 Å². The molecular formula is C8H14N3O+. The SMILES string of the molecule is CC(C)(C)[C@H]1COc2[nH]nc[n+]21.